The largest absolute Gasteiger partial charge is 0.465 e. The number of esters is 1. The molecule has 5 nitrogen and oxygen atoms in total. The number of thiophene rings is 1. The van der Waals surface area contributed by atoms with Crippen LogP contribution in [0.4, 0.5) is 5.00 Å². The number of carbonyl (C=O) groups excluding carboxylic acids is 2. The van der Waals surface area contributed by atoms with E-state index < -0.39 is 5.97 Å². The number of methoxy groups -OCH3 is 1. The predicted octanol–water partition coefficient (Wildman–Crippen LogP) is 8.22. The van der Waals surface area contributed by atoms with Crippen molar-refractivity contribution in [1.82, 2.24) is 4.98 Å². The molecule has 2 aromatic heterocycles. The van der Waals surface area contributed by atoms with Crippen molar-refractivity contribution in [2.45, 2.75) is 47.0 Å². The summed E-state index contributed by atoms with van der Waals surface area (Å²) >= 11 is 5.04. The fraction of sp³-hybridized carbons (Fsp3) is 0.323. The molecule has 4 aromatic rings. The second-order valence-corrected chi connectivity index (χ2v) is 13.1. The van der Waals surface area contributed by atoms with Crippen molar-refractivity contribution < 1.29 is 14.3 Å². The second-order valence-electron chi connectivity index (χ2n) is 11.0. The van der Waals surface area contributed by atoms with Gasteiger partial charge in [0, 0.05) is 20.3 Å². The Kier molecular flexibility index (Phi) is 7.18. The Morgan fingerprint density at radius 3 is 2.53 bits per heavy atom. The first kappa shape index (κ1) is 26.6. The van der Waals surface area contributed by atoms with Crippen molar-refractivity contribution in [3.8, 4) is 11.3 Å². The minimum atomic E-state index is -0.408. The number of aryl methyl sites for hydroxylation is 1. The fourth-order valence-corrected chi connectivity index (χ4v) is 6.83. The Labute approximate surface area is 235 Å². The van der Waals surface area contributed by atoms with Gasteiger partial charge in [0.05, 0.1) is 29.4 Å². The number of rotatable bonds is 4. The third-order valence-corrected chi connectivity index (χ3v) is 9.13. The van der Waals surface area contributed by atoms with E-state index in [1.165, 1.54) is 18.4 Å². The summed E-state index contributed by atoms with van der Waals surface area (Å²) in [4.78, 5) is 32.8. The van der Waals surface area contributed by atoms with Crippen LogP contribution in [-0.4, -0.2) is 24.0 Å². The molecule has 7 heteroatoms. The zero-order chi connectivity index (χ0) is 27.2. The van der Waals surface area contributed by atoms with Crippen LogP contribution in [-0.2, 0) is 17.6 Å². The number of aromatic nitrogens is 1. The normalized spacial score (nSPS) is 15.3. The summed E-state index contributed by atoms with van der Waals surface area (Å²) < 4.78 is 6.02. The minimum absolute atomic E-state index is 0.173. The number of ether oxygens (including phenoxy) is 1. The molecule has 0 fully saturated rings. The highest BCUT2D eigenvalue weighted by atomic mass is 79.9. The molecular formula is C31H31BrN2O3S. The van der Waals surface area contributed by atoms with Gasteiger partial charge in [-0.25, -0.2) is 9.78 Å². The number of carbonyl (C=O) groups is 2. The summed E-state index contributed by atoms with van der Waals surface area (Å²) in [6, 6.07) is 15.7. The number of halogens is 1. The molecule has 1 amide bonds. The van der Waals surface area contributed by atoms with E-state index in [2.05, 4.69) is 42.0 Å². The van der Waals surface area contributed by atoms with Crippen molar-refractivity contribution in [2.75, 3.05) is 12.4 Å². The lowest BCUT2D eigenvalue weighted by molar-refractivity contribution is 0.0600. The van der Waals surface area contributed by atoms with Crippen LogP contribution in [0.2, 0.25) is 0 Å². The molecule has 38 heavy (non-hydrogen) atoms. The standard InChI is InChI=1S/C31H31BrN2O3S/c1-17-6-8-18(9-7-17)25-16-23(22-15-20(32)11-13-24(22)33-25)28(35)34-29-27(30(36)37-5)21-12-10-19(31(2,3)4)14-26(21)38-29/h6-9,11,13,15-16,19H,10,12,14H2,1-5H3,(H,34,35)/t19-/m0/s1. The third kappa shape index (κ3) is 5.14. The van der Waals surface area contributed by atoms with Gasteiger partial charge in [-0.3, -0.25) is 4.79 Å². The van der Waals surface area contributed by atoms with E-state index >= 15 is 0 Å². The second kappa shape index (κ2) is 10.3. The van der Waals surface area contributed by atoms with Crippen LogP contribution in [0, 0.1) is 18.3 Å². The van der Waals surface area contributed by atoms with Gasteiger partial charge in [0.15, 0.2) is 0 Å². The zero-order valence-electron chi connectivity index (χ0n) is 22.3. The van der Waals surface area contributed by atoms with Gasteiger partial charge >= 0.3 is 5.97 Å². The quantitative estimate of drug-likeness (QED) is 0.243. The Bertz CT molecular complexity index is 1550. The molecule has 0 unspecified atom stereocenters. The first-order valence-electron chi connectivity index (χ1n) is 12.8. The number of pyridine rings is 1. The molecule has 2 heterocycles. The SMILES string of the molecule is COC(=O)c1c(NC(=O)c2cc(-c3ccc(C)cc3)nc3ccc(Br)cc23)sc2c1CC[C@H](C(C)(C)C)C2. The van der Waals surface area contributed by atoms with E-state index in [1.54, 1.807) is 0 Å². The van der Waals surface area contributed by atoms with Gasteiger partial charge in [-0.2, -0.15) is 0 Å². The smallest absolute Gasteiger partial charge is 0.341 e. The van der Waals surface area contributed by atoms with Crippen molar-refractivity contribution in [2.24, 2.45) is 11.3 Å². The van der Waals surface area contributed by atoms with E-state index in [0.29, 0.717) is 22.0 Å². The van der Waals surface area contributed by atoms with E-state index in [-0.39, 0.29) is 11.3 Å². The highest BCUT2D eigenvalue weighted by Gasteiger charge is 2.34. The lowest BCUT2D eigenvalue weighted by Gasteiger charge is -2.33. The minimum Gasteiger partial charge on any atom is -0.465 e. The molecule has 2 aromatic carbocycles. The van der Waals surface area contributed by atoms with Crippen molar-refractivity contribution in [1.29, 1.82) is 0 Å². The topological polar surface area (TPSA) is 68.3 Å². The number of hydrogen-bond donors (Lipinski definition) is 1. The third-order valence-electron chi connectivity index (χ3n) is 7.47. The summed E-state index contributed by atoms with van der Waals surface area (Å²) in [7, 11) is 1.39. The van der Waals surface area contributed by atoms with Crippen LogP contribution >= 0.6 is 27.3 Å². The van der Waals surface area contributed by atoms with Gasteiger partial charge in [-0.15, -0.1) is 11.3 Å². The van der Waals surface area contributed by atoms with Crippen molar-refractivity contribution in [3.63, 3.8) is 0 Å². The maximum Gasteiger partial charge on any atom is 0.341 e. The molecule has 0 saturated heterocycles. The highest BCUT2D eigenvalue weighted by Crippen LogP contribution is 2.44. The van der Waals surface area contributed by atoms with E-state index in [4.69, 9.17) is 9.72 Å². The van der Waals surface area contributed by atoms with Gasteiger partial charge in [-0.05, 0) is 67.3 Å². The molecule has 1 N–H and O–H groups in total. The lowest BCUT2D eigenvalue weighted by atomic mass is 9.72. The van der Waals surface area contributed by atoms with Gasteiger partial charge in [0.25, 0.3) is 5.91 Å². The molecular weight excluding hydrogens is 560 g/mol. The monoisotopic (exact) mass is 590 g/mol. The summed E-state index contributed by atoms with van der Waals surface area (Å²) in [6.07, 6.45) is 2.70. The van der Waals surface area contributed by atoms with Crippen LogP contribution in [0.15, 0.2) is 53.0 Å². The van der Waals surface area contributed by atoms with Crippen LogP contribution in [0.5, 0.6) is 0 Å². The van der Waals surface area contributed by atoms with E-state index in [0.717, 1.165) is 61.9 Å². The van der Waals surface area contributed by atoms with Crippen molar-refractivity contribution >= 4 is 55.0 Å². The average Bonchev–Trinajstić information content (AvgIpc) is 3.24. The Balaban J connectivity index is 1.58. The van der Waals surface area contributed by atoms with Gasteiger partial charge in [0.1, 0.15) is 5.00 Å². The number of anilines is 1. The van der Waals surface area contributed by atoms with Gasteiger partial charge < -0.3 is 10.1 Å². The number of amides is 1. The lowest BCUT2D eigenvalue weighted by Crippen LogP contribution is -2.26. The maximum absolute atomic E-state index is 13.9. The molecule has 0 spiro atoms. The molecule has 1 aliphatic carbocycles. The first-order chi connectivity index (χ1) is 18.0. The molecule has 0 bridgehead atoms. The van der Waals surface area contributed by atoms with Gasteiger partial charge in [-0.1, -0.05) is 66.5 Å². The maximum atomic E-state index is 13.9. The summed E-state index contributed by atoms with van der Waals surface area (Å²) in [5.74, 6) is -0.170. The Morgan fingerprint density at radius 2 is 1.84 bits per heavy atom. The van der Waals surface area contributed by atoms with Crippen LogP contribution in [0.1, 0.15) is 63.9 Å². The molecule has 1 atom stereocenters. The van der Waals surface area contributed by atoms with Crippen molar-refractivity contribution in [3.05, 3.63) is 80.1 Å². The molecule has 0 radical (unpaired) electrons. The average molecular weight is 592 g/mol. The van der Waals surface area contributed by atoms with E-state index in [9.17, 15) is 9.59 Å². The zero-order valence-corrected chi connectivity index (χ0v) is 24.7. The molecule has 1 aliphatic rings. The summed E-state index contributed by atoms with van der Waals surface area (Å²) in [5, 5.41) is 4.38. The number of hydrogen-bond acceptors (Lipinski definition) is 5. The number of nitrogens with one attached hydrogen (secondary N) is 1. The predicted molar refractivity (Wildman–Crippen MR) is 158 cm³/mol. The van der Waals surface area contributed by atoms with Crippen LogP contribution < -0.4 is 5.32 Å². The first-order valence-corrected chi connectivity index (χ1v) is 14.4. The number of benzene rings is 2. The highest BCUT2D eigenvalue weighted by molar-refractivity contribution is 9.10. The van der Waals surface area contributed by atoms with Crippen LogP contribution in [0.25, 0.3) is 22.2 Å². The number of nitrogens with zero attached hydrogens (tertiary/aromatic N) is 1. The summed E-state index contributed by atoms with van der Waals surface area (Å²) in [6.45, 7) is 8.83. The number of fused-ring (bicyclic) bond motifs is 2. The molecule has 0 saturated carbocycles. The fourth-order valence-electron chi connectivity index (χ4n) is 5.16. The molecule has 5 rings (SSSR count). The Hall–Kier alpha value is -3.03. The summed E-state index contributed by atoms with van der Waals surface area (Å²) in [5.41, 5.74) is 5.71. The van der Waals surface area contributed by atoms with Gasteiger partial charge in [0.2, 0.25) is 0 Å². The molecule has 196 valence electrons. The Morgan fingerprint density at radius 1 is 1.11 bits per heavy atom. The van der Waals surface area contributed by atoms with E-state index in [1.807, 2.05) is 55.5 Å². The van der Waals surface area contributed by atoms with Crippen LogP contribution in [0.3, 0.4) is 0 Å². The molecule has 0 aliphatic heterocycles.